The van der Waals surface area contributed by atoms with Crippen molar-refractivity contribution >= 4 is 12.0 Å². The number of carbonyl (C=O) groups is 1. The number of hydrogen-bond donors (Lipinski definition) is 1. The molecule has 0 bridgehead atoms. The average molecular weight is 247 g/mol. The van der Waals surface area contributed by atoms with Gasteiger partial charge in [0, 0.05) is 24.3 Å². The van der Waals surface area contributed by atoms with Crippen LogP contribution in [0, 0.1) is 6.92 Å². The molecular formula is C15H21NO2. The Morgan fingerprint density at radius 3 is 2.78 bits per heavy atom. The predicted molar refractivity (Wildman–Crippen MR) is 73.3 cm³/mol. The number of carbonyl (C=O) groups excluding carboxylic acids is 1. The number of hydrogen-bond acceptors (Lipinski definition) is 3. The average Bonchev–Trinajstić information content (AvgIpc) is 2.50. The molecule has 3 heteroatoms. The van der Waals surface area contributed by atoms with Gasteiger partial charge in [0.1, 0.15) is 6.29 Å². The Bertz CT molecular complexity index is 440. The van der Waals surface area contributed by atoms with Gasteiger partial charge in [0.25, 0.3) is 0 Å². The van der Waals surface area contributed by atoms with E-state index in [-0.39, 0.29) is 0 Å². The van der Waals surface area contributed by atoms with Gasteiger partial charge in [-0.3, -0.25) is 4.79 Å². The van der Waals surface area contributed by atoms with E-state index in [1.54, 1.807) is 0 Å². The van der Waals surface area contributed by atoms with Crippen LogP contribution < -0.4 is 4.90 Å². The smallest absolute Gasteiger partial charge is 0.150 e. The minimum atomic E-state index is -0.536. The molecule has 1 fully saturated rings. The topological polar surface area (TPSA) is 40.5 Å². The van der Waals surface area contributed by atoms with E-state index in [0.29, 0.717) is 0 Å². The normalized spacial score (nSPS) is 24.7. The van der Waals surface area contributed by atoms with E-state index in [0.717, 1.165) is 49.8 Å². The number of nitrogens with zero attached hydrogens (tertiary/aromatic N) is 1. The molecule has 1 saturated heterocycles. The molecule has 0 aromatic heterocycles. The molecule has 0 saturated carbocycles. The van der Waals surface area contributed by atoms with Gasteiger partial charge in [-0.15, -0.1) is 0 Å². The van der Waals surface area contributed by atoms with Gasteiger partial charge in [-0.1, -0.05) is 0 Å². The van der Waals surface area contributed by atoms with Crippen molar-refractivity contribution in [1.29, 1.82) is 0 Å². The maximum atomic E-state index is 10.7. The SMILES string of the molecule is Cc1cc(C=O)ccc1N1CCCC(C)(O)CC1. The Kier molecular flexibility index (Phi) is 3.71. The van der Waals surface area contributed by atoms with Crippen molar-refractivity contribution in [3.05, 3.63) is 29.3 Å². The van der Waals surface area contributed by atoms with Crippen molar-refractivity contribution in [2.45, 2.75) is 38.7 Å². The molecule has 1 unspecified atom stereocenters. The number of aldehydes is 1. The molecule has 1 atom stereocenters. The lowest BCUT2D eigenvalue weighted by Crippen LogP contribution is -2.28. The standard InChI is InChI=1S/C15H21NO2/c1-12-10-13(11-17)4-5-14(12)16-8-3-6-15(2,18)7-9-16/h4-5,10-11,18H,3,6-9H2,1-2H3. The molecule has 1 aromatic rings. The van der Waals surface area contributed by atoms with E-state index in [2.05, 4.69) is 4.90 Å². The highest BCUT2D eigenvalue weighted by Gasteiger charge is 2.25. The zero-order valence-electron chi connectivity index (χ0n) is 11.1. The molecule has 0 radical (unpaired) electrons. The molecule has 1 heterocycles. The molecule has 18 heavy (non-hydrogen) atoms. The first-order chi connectivity index (χ1) is 8.52. The molecule has 1 N–H and O–H groups in total. The summed E-state index contributed by atoms with van der Waals surface area (Å²) in [6, 6.07) is 5.79. The summed E-state index contributed by atoms with van der Waals surface area (Å²) < 4.78 is 0. The van der Waals surface area contributed by atoms with Crippen LogP contribution in [-0.4, -0.2) is 30.1 Å². The highest BCUT2D eigenvalue weighted by molar-refractivity contribution is 5.77. The monoisotopic (exact) mass is 247 g/mol. The van der Waals surface area contributed by atoms with E-state index in [1.165, 1.54) is 5.69 Å². The number of anilines is 1. The molecule has 3 nitrogen and oxygen atoms in total. The fourth-order valence-electron chi connectivity index (χ4n) is 2.61. The minimum Gasteiger partial charge on any atom is -0.390 e. The molecule has 1 aliphatic rings. The summed E-state index contributed by atoms with van der Waals surface area (Å²) in [5.41, 5.74) is 2.49. The summed E-state index contributed by atoms with van der Waals surface area (Å²) in [4.78, 5) is 13.1. The van der Waals surface area contributed by atoms with Crippen LogP contribution in [0.4, 0.5) is 5.69 Å². The Labute approximate surface area is 108 Å². The van der Waals surface area contributed by atoms with Gasteiger partial charge in [0.05, 0.1) is 5.60 Å². The van der Waals surface area contributed by atoms with Crippen LogP contribution in [0.2, 0.25) is 0 Å². The first kappa shape index (κ1) is 13.1. The third-order valence-electron chi connectivity index (χ3n) is 3.76. The van der Waals surface area contributed by atoms with Gasteiger partial charge >= 0.3 is 0 Å². The van der Waals surface area contributed by atoms with Gasteiger partial charge in [0.2, 0.25) is 0 Å². The van der Waals surface area contributed by atoms with Crippen LogP contribution in [0.5, 0.6) is 0 Å². The van der Waals surface area contributed by atoms with Crippen LogP contribution in [0.3, 0.4) is 0 Å². The molecule has 2 rings (SSSR count). The fourth-order valence-corrected chi connectivity index (χ4v) is 2.61. The molecule has 0 aliphatic carbocycles. The van der Waals surface area contributed by atoms with Crippen molar-refractivity contribution in [1.82, 2.24) is 0 Å². The van der Waals surface area contributed by atoms with E-state index in [9.17, 15) is 9.90 Å². The van der Waals surface area contributed by atoms with E-state index in [4.69, 9.17) is 0 Å². The van der Waals surface area contributed by atoms with Crippen molar-refractivity contribution in [2.24, 2.45) is 0 Å². The Hall–Kier alpha value is -1.35. The quantitative estimate of drug-likeness (QED) is 0.816. The first-order valence-corrected chi connectivity index (χ1v) is 6.55. The van der Waals surface area contributed by atoms with Crippen LogP contribution >= 0.6 is 0 Å². The zero-order valence-corrected chi connectivity index (χ0v) is 11.1. The number of rotatable bonds is 2. The summed E-state index contributed by atoms with van der Waals surface area (Å²) in [5, 5.41) is 10.1. The summed E-state index contributed by atoms with van der Waals surface area (Å²) in [5.74, 6) is 0. The van der Waals surface area contributed by atoms with Gasteiger partial charge in [0.15, 0.2) is 0 Å². The van der Waals surface area contributed by atoms with Gasteiger partial charge < -0.3 is 10.0 Å². The summed E-state index contributed by atoms with van der Waals surface area (Å²) in [6.07, 6.45) is 3.53. The summed E-state index contributed by atoms with van der Waals surface area (Å²) in [6.45, 7) is 5.79. The summed E-state index contributed by atoms with van der Waals surface area (Å²) >= 11 is 0. The Balaban J connectivity index is 2.18. The van der Waals surface area contributed by atoms with Crippen molar-refractivity contribution < 1.29 is 9.90 Å². The molecule has 1 aromatic carbocycles. The second-order valence-corrected chi connectivity index (χ2v) is 5.50. The minimum absolute atomic E-state index is 0.536. The number of benzene rings is 1. The second-order valence-electron chi connectivity index (χ2n) is 5.50. The highest BCUT2D eigenvalue weighted by atomic mass is 16.3. The Morgan fingerprint density at radius 1 is 1.33 bits per heavy atom. The van der Waals surface area contributed by atoms with Gasteiger partial charge in [-0.05, 0) is 56.9 Å². The fraction of sp³-hybridized carbons (Fsp3) is 0.533. The lowest BCUT2D eigenvalue weighted by atomic mass is 9.98. The third-order valence-corrected chi connectivity index (χ3v) is 3.76. The second kappa shape index (κ2) is 5.11. The molecule has 98 valence electrons. The molecule has 1 aliphatic heterocycles. The molecular weight excluding hydrogens is 226 g/mol. The molecule has 0 spiro atoms. The lowest BCUT2D eigenvalue weighted by molar-refractivity contribution is 0.0481. The third kappa shape index (κ3) is 2.91. The number of aliphatic hydroxyl groups is 1. The van der Waals surface area contributed by atoms with E-state index < -0.39 is 5.60 Å². The van der Waals surface area contributed by atoms with Crippen molar-refractivity contribution in [2.75, 3.05) is 18.0 Å². The maximum absolute atomic E-state index is 10.7. The van der Waals surface area contributed by atoms with Crippen LogP contribution in [0.25, 0.3) is 0 Å². The first-order valence-electron chi connectivity index (χ1n) is 6.55. The largest absolute Gasteiger partial charge is 0.390 e. The van der Waals surface area contributed by atoms with E-state index >= 15 is 0 Å². The maximum Gasteiger partial charge on any atom is 0.150 e. The molecule has 0 amide bonds. The lowest BCUT2D eigenvalue weighted by Gasteiger charge is -2.26. The highest BCUT2D eigenvalue weighted by Crippen LogP contribution is 2.27. The zero-order chi connectivity index (χ0) is 13.2. The van der Waals surface area contributed by atoms with Crippen molar-refractivity contribution in [3.63, 3.8) is 0 Å². The predicted octanol–water partition coefficient (Wildman–Crippen LogP) is 2.55. The van der Waals surface area contributed by atoms with Gasteiger partial charge in [-0.25, -0.2) is 0 Å². The Morgan fingerprint density at radius 2 is 2.11 bits per heavy atom. The van der Waals surface area contributed by atoms with Crippen molar-refractivity contribution in [3.8, 4) is 0 Å². The van der Waals surface area contributed by atoms with Gasteiger partial charge in [-0.2, -0.15) is 0 Å². The van der Waals surface area contributed by atoms with E-state index in [1.807, 2.05) is 32.0 Å². The van der Waals surface area contributed by atoms with Crippen LogP contribution in [-0.2, 0) is 0 Å². The number of aryl methyl sites for hydroxylation is 1. The summed E-state index contributed by atoms with van der Waals surface area (Å²) in [7, 11) is 0. The van der Waals surface area contributed by atoms with Crippen LogP contribution in [0.15, 0.2) is 18.2 Å². The van der Waals surface area contributed by atoms with Crippen LogP contribution in [0.1, 0.15) is 42.1 Å².